The van der Waals surface area contributed by atoms with Gasteiger partial charge in [0.2, 0.25) is 5.95 Å². The number of imidazole rings is 1. The van der Waals surface area contributed by atoms with Crippen molar-refractivity contribution >= 4 is 34.4 Å². The molecule has 0 spiro atoms. The van der Waals surface area contributed by atoms with E-state index >= 15 is 0 Å². The summed E-state index contributed by atoms with van der Waals surface area (Å²) >= 11 is 5.97. The lowest BCUT2D eigenvalue weighted by atomic mass is 10.2. The van der Waals surface area contributed by atoms with Crippen molar-refractivity contribution in [1.82, 2.24) is 18.7 Å². The zero-order valence-corrected chi connectivity index (χ0v) is 18.1. The van der Waals surface area contributed by atoms with Gasteiger partial charge >= 0.3 is 5.69 Å². The third-order valence-corrected chi connectivity index (χ3v) is 6.04. The van der Waals surface area contributed by atoms with Gasteiger partial charge in [-0.25, -0.2) is 4.79 Å². The number of hydrogen-bond acceptors (Lipinski definition) is 4. The second-order valence-electron chi connectivity index (χ2n) is 7.94. The highest BCUT2D eigenvalue weighted by Gasteiger charge is 2.27. The van der Waals surface area contributed by atoms with Gasteiger partial charge in [0.05, 0.1) is 6.54 Å². The molecule has 1 aliphatic heterocycles. The first-order valence-electron chi connectivity index (χ1n) is 10.2. The van der Waals surface area contributed by atoms with Gasteiger partial charge in [-0.15, -0.1) is 0 Å². The van der Waals surface area contributed by atoms with Crippen LogP contribution >= 0.6 is 11.6 Å². The molecule has 4 aromatic rings. The highest BCUT2D eigenvalue weighted by Crippen LogP contribution is 2.31. The van der Waals surface area contributed by atoms with Crippen molar-refractivity contribution in [3.63, 3.8) is 0 Å². The Bertz CT molecular complexity index is 1420. The van der Waals surface area contributed by atoms with E-state index in [1.807, 2.05) is 28.8 Å². The van der Waals surface area contributed by atoms with Gasteiger partial charge in [0, 0.05) is 30.8 Å². The summed E-state index contributed by atoms with van der Waals surface area (Å²) in [6.07, 6.45) is 0.881. The van der Waals surface area contributed by atoms with E-state index in [9.17, 15) is 9.59 Å². The van der Waals surface area contributed by atoms with E-state index in [0.29, 0.717) is 28.7 Å². The molecule has 2 aromatic heterocycles. The standard InChI is InChI=1S/C23H22ClN5O2/c1-15-5-3-6-18(13-15)27-11-4-12-28-19-20(25-22(27)28)26(2)23(31)29(21(19)30)14-16-7-9-17(24)10-8-16/h3,5-10,13H,4,11-12,14H2,1-2H3. The number of rotatable bonds is 3. The Hall–Kier alpha value is -3.32. The number of benzene rings is 2. The Balaban J connectivity index is 1.69. The zero-order valence-electron chi connectivity index (χ0n) is 17.4. The van der Waals surface area contributed by atoms with E-state index in [1.54, 1.807) is 19.2 Å². The summed E-state index contributed by atoms with van der Waals surface area (Å²) in [4.78, 5) is 33.3. The molecular weight excluding hydrogens is 414 g/mol. The second kappa shape index (κ2) is 7.42. The van der Waals surface area contributed by atoms with Crippen LogP contribution in [0.15, 0.2) is 58.1 Å². The van der Waals surface area contributed by atoms with E-state index < -0.39 is 0 Å². The topological polar surface area (TPSA) is 65.1 Å². The van der Waals surface area contributed by atoms with Crippen molar-refractivity contribution in [2.24, 2.45) is 7.05 Å². The van der Waals surface area contributed by atoms with Crippen LogP contribution in [0.2, 0.25) is 5.02 Å². The first-order valence-corrected chi connectivity index (χ1v) is 10.6. The summed E-state index contributed by atoms with van der Waals surface area (Å²) in [6.45, 7) is 3.72. The zero-order chi connectivity index (χ0) is 21.7. The van der Waals surface area contributed by atoms with Crippen LogP contribution in [-0.4, -0.2) is 25.2 Å². The maximum Gasteiger partial charge on any atom is 0.332 e. The van der Waals surface area contributed by atoms with Crippen LogP contribution in [0.25, 0.3) is 11.2 Å². The van der Waals surface area contributed by atoms with Crippen molar-refractivity contribution in [1.29, 1.82) is 0 Å². The minimum atomic E-state index is -0.384. The first-order chi connectivity index (χ1) is 14.9. The van der Waals surface area contributed by atoms with E-state index in [-0.39, 0.29) is 17.8 Å². The second-order valence-corrected chi connectivity index (χ2v) is 8.38. The van der Waals surface area contributed by atoms with Crippen molar-refractivity contribution in [2.75, 3.05) is 11.4 Å². The summed E-state index contributed by atoms with van der Waals surface area (Å²) in [5.74, 6) is 0.697. The molecule has 0 radical (unpaired) electrons. The van der Waals surface area contributed by atoms with Gasteiger partial charge in [0.25, 0.3) is 5.56 Å². The molecule has 0 bridgehead atoms. The van der Waals surface area contributed by atoms with Crippen molar-refractivity contribution < 1.29 is 0 Å². The molecule has 0 amide bonds. The molecular formula is C23H22ClN5O2. The molecule has 5 rings (SSSR count). The van der Waals surface area contributed by atoms with E-state index in [0.717, 1.165) is 29.8 Å². The van der Waals surface area contributed by atoms with Gasteiger partial charge in [-0.3, -0.25) is 13.9 Å². The predicted molar refractivity (Wildman–Crippen MR) is 123 cm³/mol. The predicted octanol–water partition coefficient (Wildman–Crippen LogP) is 3.45. The Morgan fingerprint density at radius 3 is 2.58 bits per heavy atom. The molecule has 0 saturated carbocycles. The lowest BCUT2D eigenvalue weighted by molar-refractivity contribution is 0.597. The lowest BCUT2D eigenvalue weighted by Gasteiger charge is -2.29. The third kappa shape index (κ3) is 3.25. The largest absolute Gasteiger partial charge is 0.332 e. The summed E-state index contributed by atoms with van der Waals surface area (Å²) < 4.78 is 4.68. The molecule has 31 heavy (non-hydrogen) atoms. The number of hydrogen-bond donors (Lipinski definition) is 0. The maximum absolute atomic E-state index is 13.4. The van der Waals surface area contributed by atoms with E-state index in [2.05, 4.69) is 24.0 Å². The molecule has 0 fully saturated rings. The molecule has 2 aromatic carbocycles. The summed E-state index contributed by atoms with van der Waals surface area (Å²) in [6, 6.07) is 15.4. The molecule has 0 saturated heterocycles. The normalized spacial score (nSPS) is 13.6. The van der Waals surface area contributed by atoms with Crippen molar-refractivity contribution in [2.45, 2.75) is 26.4 Å². The van der Waals surface area contributed by atoms with Gasteiger partial charge in [0.15, 0.2) is 11.2 Å². The number of anilines is 2. The van der Waals surface area contributed by atoms with Crippen LogP contribution in [0.3, 0.4) is 0 Å². The van der Waals surface area contributed by atoms with Crippen LogP contribution in [0.4, 0.5) is 11.6 Å². The van der Waals surface area contributed by atoms with Crippen LogP contribution in [0.5, 0.6) is 0 Å². The van der Waals surface area contributed by atoms with Gasteiger partial charge in [-0.2, -0.15) is 4.98 Å². The molecule has 7 nitrogen and oxygen atoms in total. The van der Waals surface area contributed by atoms with Gasteiger partial charge in [-0.1, -0.05) is 35.9 Å². The Labute approximate surface area is 183 Å². The minimum absolute atomic E-state index is 0.181. The third-order valence-electron chi connectivity index (χ3n) is 5.78. The molecule has 158 valence electrons. The molecule has 1 aliphatic rings. The Morgan fingerprint density at radius 2 is 1.84 bits per heavy atom. The number of fused-ring (bicyclic) bond motifs is 3. The average Bonchev–Trinajstić information content (AvgIpc) is 3.16. The number of halogens is 1. The van der Waals surface area contributed by atoms with Crippen LogP contribution in [0, 0.1) is 6.92 Å². The first kappa shape index (κ1) is 19.6. The summed E-state index contributed by atoms with van der Waals surface area (Å²) in [7, 11) is 1.67. The van der Waals surface area contributed by atoms with Gasteiger partial charge in [0.1, 0.15) is 0 Å². The quantitative estimate of drug-likeness (QED) is 0.494. The average molecular weight is 436 g/mol. The molecule has 0 N–H and O–H groups in total. The molecule has 8 heteroatoms. The monoisotopic (exact) mass is 435 g/mol. The molecule has 0 atom stereocenters. The summed E-state index contributed by atoms with van der Waals surface area (Å²) in [5, 5.41) is 0.612. The number of nitrogens with zero attached hydrogens (tertiary/aromatic N) is 5. The van der Waals surface area contributed by atoms with E-state index in [4.69, 9.17) is 16.6 Å². The number of aromatic nitrogens is 4. The minimum Gasteiger partial charge on any atom is -0.312 e. The lowest BCUT2D eigenvalue weighted by Crippen LogP contribution is -2.40. The van der Waals surface area contributed by atoms with Crippen LogP contribution in [-0.2, 0) is 20.1 Å². The fraction of sp³-hybridized carbons (Fsp3) is 0.261. The highest BCUT2D eigenvalue weighted by atomic mass is 35.5. The van der Waals surface area contributed by atoms with Crippen molar-refractivity contribution in [3.8, 4) is 0 Å². The van der Waals surface area contributed by atoms with Crippen LogP contribution < -0.4 is 16.1 Å². The smallest absolute Gasteiger partial charge is 0.312 e. The molecule has 3 heterocycles. The van der Waals surface area contributed by atoms with Crippen LogP contribution in [0.1, 0.15) is 17.5 Å². The van der Waals surface area contributed by atoms with Gasteiger partial charge in [-0.05, 0) is 48.7 Å². The fourth-order valence-corrected chi connectivity index (χ4v) is 4.34. The highest BCUT2D eigenvalue weighted by molar-refractivity contribution is 6.30. The maximum atomic E-state index is 13.4. The van der Waals surface area contributed by atoms with Gasteiger partial charge < -0.3 is 9.47 Å². The summed E-state index contributed by atoms with van der Waals surface area (Å²) in [5.41, 5.74) is 3.19. The Morgan fingerprint density at radius 1 is 1.06 bits per heavy atom. The van der Waals surface area contributed by atoms with E-state index in [1.165, 1.54) is 9.13 Å². The SMILES string of the molecule is Cc1cccc(N2CCCn3c2nc2c3c(=O)n(Cc3ccc(Cl)cc3)c(=O)n2C)c1. The Kier molecular flexibility index (Phi) is 4.70. The molecule has 0 aliphatic carbocycles. The van der Waals surface area contributed by atoms with Crippen molar-refractivity contribution in [3.05, 3.63) is 85.5 Å². The molecule has 0 unspecified atom stereocenters. The number of aryl methyl sites for hydroxylation is 3. The fourth-order valence-electron chi connectivity index (χ4n) is 4.22.